The predicted molar refractivity (Wildman–Crippen MR) is 62.0 cm³/mol. The number of nitrogens with one attached hydrogen (secondary N) is 1. The van der Waals surface area contributed by atoms with Gasteiger partial charge < -0.3 is 5.73 Å². The van der Waals surface area contributed by atoms with Gasteiger partial charge in [-0.3, -0.25) is 4.72 Å². The Labute approximate surface area is 90.7 Å². The zero-order valence-electron chi connectivity index (χ0n) is 6.91. The summed E-state index contributed by atoms with van der Waals surface area (Å²) in [6.45, 7) is 0. The molecule has 0 unspecified atom stereocenters. The molecule has 0 aliphatic carbocycles. The molecular weight excluding hydrogens is 303 g/mol. The van der Waals surface area contributed by atoms with Gasteiger partial charge in [0.15, 0.2) is 0 Å². The Hall–Kier alpha value is -0.500. The van der Waals surface area contributed by atoms with Crippen molar-refractivity contribution in [3.8, 4) is 0 Å². The second kappa shape index (κ2) is 3.70. The lowest BCUT2D eigenvalue weighted by atomic mass is 10.3. The molecule has 0 saturated carbocycles. The van der Waals surface area contributed by atoms with Gasteiger partial charge in [-0.15, -0.1) is 0 Å². The molecule has 4 nitrogen and oxygen atoms in total. The lowest BCUT2D eigenvalue weighted by molar-refractivity contribution is 0.607. The standard InChI is InChI=1S/C7H9IN2O2S/c1-13(11,12)10-7-3-5(8)2-6(9)4-7/h2-4,10H,9H2,1H3. The fourth-order valence-corrected chi connectivity index (χ4v) is 2.13. The van der Waals surface area contributed by atoms with Gasteiger partial charge in [-0.25, -0.2) is 8.42 Å². The summed E-state index contributed by atoms with van der Waals surface area (Å²) in [6, 6.07) is 5.04. The Bertz CT molecular complexity index is 396. The van der Waals surface area contributed by atoms with Gasteiger partial charge in [-0.2, -0.15) is 0 Å². The molecule has 0 radical (unpaired) electrons. The minimum absolute atomic E-state index is 0.493. The van der Waals surface area contributed by atoms with Crippen LogP contribution in [0.15, 0.2) is 18.2 Å². The van der Waals surface area contributed by atoms with E-state index in [1.165, 1.54) is 0 Å². The van der Waals surface area contributed by atoms with Crippen LogP contribution in [0.5, 0.6) is 0 Å². The number of halogens is 1. The third-order valence-electron chi connectivity index (χ3n) is 1.22. The smallest absolute Gasteiger partial charge is 0.229 e. The van der Waals surface area contributed by atoms with Crippen LogP contribution in [0.3, 0.4) is 0 Å². The zero-order valence-corrected chi connectivity index (χ0v) is 9.89. The van der Waals surface area contributed by atoms with Crippen molar-refractivity contribution in [1.29, 1.82) is 0 Å². The van der Waals surface area contributed by atoms with Crippen LogP contribution >= 0.6 is 22.6 Å². The fraction of sp³-hybridized carbons (Fsp3) is 0.143. The van der Waals surface area contributed by atoms with Crippen LogP contribution in [-0.4, -0.2) is 14.7 Å². The van der Waals surface area contributed by atoms with Crippen molar-refractivity contribution < 1.29 is 8.42 Å². The molecule has 0 aromatic heterocycles. The highest BCUT2D eigenvalue weighted by molar-refractivity contribution is 14.1. The summed E-state index contributed by atoms with van der Waals surface area (Å²) in [4.78, 5) is 0. The lowest BCUT2D eigenvalue weighted by Gasteiger charge is -2.05. The number of nitrogens with two attached hydrogens (primary N) is 1. The molecule has 1 aromatic carbocycles. The van der Waals surface area contributed by atoms with E-state index in [1.54, 1.807) is 18.2 Å². The van der Waals surface area contributed by atoms with Gasteiger partial charge in [0.2, 0.25) is 10.0 Å². The monoisotopic (exact) mass is 312 g/mol. The van der Waals surface area contributed by atoms with Gasteiger partial charge in [0.1, 0.15) is 0 Å². The van der Waals surface area contributed by atoms with Crippen LogP contribution in [-0.2, 0) is 10.0 Å². The van der Waals surface area contributed by atoms with E-state index in [1.807, 2.05) is 0 Å². The number of sulfonamides is 1. The van der Waals surface area contributed by atoms with Gasteiger partial charge in [-0.1, -0.05) is 0 Å². The summed E-state index contributed by atoms with van der Waals surface area (Å²) < 4.78 is 25.0. The maximum Gasteiger partial charge on any atom is 0.229 e. The van der Waals surface area contributed by atoms with Crippen LogP contribution < -0.4 is 10.5 Å². The molecule has 13 heavy (non-hydrogen) atoms. The average Bonchev–Trinajstić information content (AvgIpc) is 1.78. The Morgan fingerprint density at radius 1 is 1.38 bits per heavy atom. The predicted octanol–water partition coefficient (Wildman–Crippen LogP) is 1.24. The topological polar surface area (TPSA) is 72.2 Å². The van der Waals surface area contributed by atoms with Crippen molar-refractivity contribution in [3.63, 3.8) is 0 Å². The normalized spacial score (nSPS) is 11.2. The van der Waals surface area contributed by atoms with E-state index < -0.39 is 10.0 Å². The second-order valence-electron chi connectivity index (χ2n) is 2.65. The minimum Gasteiger partial charge on any atom is -0.399 e. The van der Waals surface area contributed by atoms with E-state index in [0.29, 0.717) is 11.4 Å². The van der Waals surface area contributed by atoms with Crippen LogP contribution in [0.2, 0.25) is 0 Å². The molecule has 0 bridgehead atoms. The summed E-state index contributed by atoms with van der Waals surface area (Å²) in [5.41, 5.74) is 6.57. The molecule has 6 heteroatoms. The first-order valence-corrected chi connectivity index (χ1v) is 6.38. The highest BCUT2D eigenvalue weighted by atomic mass is 127. The van der Waals surface area contributed by atoms with E-state index in [9.17, 15) is 8.42 Å². The molecule has 0 spiro atoms. The van der Waals surface area contributed by atoms with Gasteiger partial charge in [0.05, 0.1) is 11.9 Å². The number of anilines is 2. The molecule has 0 aliphatic heterocycles. The quantitative estimate of drug-likeness (QED) is 0.637. The highest BCUT2D eigenvalue weighted by Gasteiger charge is 2.02. The summed E-state index contributed by atoms with van der Waals surface area (Å²) >= 11 is 2.07. The highest BCUT2D eigenvalue weighted by Crippen LogP contribution is 2.18. The number of hydrogen-bond acceptors (Lipinski definition) is 3. The Balaban J connectivity index is 3.03. The lowest BCUT2D eigenvalue weighted by Crippen LogP contribution is -2.09. The molecular formula is C7H9IN2O2S. The number of nitrogen functional groups attached to an aromatic ring is 1. The minimum atomic E-state index is -3.22. The third kappa shape index (κ3) is 3.81. The summed E-state index contributed by atoms with van der Waals surface area (Å²) in [5, 5.41) is 0. The van der Waals surface area contributed by atoms with Crippen LogP contribution in [0.25, 0.3) is 0 Å². The average molecular weight is 312 g/mol. The molecule has 0 fully saturated rings. The van der Waals surface area contributed by atoms with Crippen molar-refractivity contribution >= 4 is 44.0 Å². The van der Waals surface area contributed by atoms with Crippen molar-refractivity contribution in [2.75, 3.05) is 16.7 Å². The molecule has 0 atom stereocenters. The first-order chi connectivity index (χ1) is 5.87. The third-order valence-corrected chi connectivity index (χ3v) is 2.45. The Morgan fingerprint density at radius 3 is 2.46 bits per heavy atom. The van der Waals surface area contributed by atoms with Gasteiger partial charge in [-0.05, 0) is 40.8 Å². The first kappa shape index (κ1) is 10.6. The summed E-state index contributed by atoms with van der Waals surface area (Å²) in [5.74, 6) is 0. The molecule has 1 aromatic rings. The van der Waals surface area contributed by atoms with Gasteiger partial charge in [0.25, 0.3) is 0 Å². The van der Waals surface area contributed by atoms with Crippen LogP contribution in [0.1, 0.15) is 0 Å². The molecule has 0 aliphatic rings. The number of hydrogen-bond donors (Lipinski definition) is 2. The van der Waals surface area contributed by atoms with Crippen molar-refractivity contribution in [3.05, 3.63) is 21.8 Å². The second-order valence-corrected chi connectivity index (χ2v) is 5.64. The largest absolute Gasteiger partial charge is 0.399 e. The molecule has 0 heterocycles. The van der Waals surface area contributed by atoms with Crippen molar-refractivity contribution in [2.24, 2.45) is 0 Å². The van der Waals surface area contributed by atoms with Crippen LogP contribution in [0, 0.1) is 3.57 Å². The van der Waals surface area contributed by atoms with E-state index in [0.717, 1.165) is 9.83 Å². The maximum atomic E-state index is 10.9. The molecule has 0 saturated heterocycles. The molecule has 72 valence electrons. The summed E-state index contributed by atoms with van der Waals surface area (Å²) in [7, 11) is -3.22. The maximum absolute atomic E-state index is 10.9. The van der Waals surface area contributed by atoms with E-state index in [4.69, 9.17) is 5.73 Å². The van der Waals surface area contributed by atoms with E-state index in [-0.39, 0.29) is 0 Å². The molecule has 1 rings (SSSR count). The van der Waals surface area contributed by atoms with Crippen molar-refractivity contribution in [2.45, 2.75) is 0 Å². The van der Waals surface area contributed by atoms with Gasteiger partial charge in [0, 0.05) is 9.26 Å². The summed E-state index contributed by atoms with van der Waals surface area (Å²) in [6.07, 6.45) is 1.10. The Morgan fingerprint density at radius 2 is 2.00 bits per heavy atom. The molecule has 3 N–H and O–H groups in total. The van der Waals surface area contributed by atoms with Crippen LogP contribution in [0.4, 0.5) is 11.4 Å². The number of benzene rings is 1. The van der Waals surface area contributed by atoms with Gasteiger partial charge >= 0.3 is 0 Å². The van der Waals surface area contributed by atoms with E-state index in [2.05, 4.69) is 27.3 Å². The SMILES string of the molecule is CS(=O)(=O)Nc1cc(N)cc(I)c1. The van der Waals surface area contributed by atoms with E-state index >= 15 is 0 Å². The zero-order chi connectivity index (χ0) is 10.1. The fourth-order valence-electron chi connectivity index (χ4n) is 0.885. The Kier molecular flexibility index (Phi) is 3.01. The van der Waals surface area contributed by atoms with Crippen molar-refractivity contribution in [1.82, 2.24) is 0 Å². The molecule has 0 amide bonds. The first-order valence-electron chi connectivity index (χ1n) is 3.41. The number of rotatable bonds is 2.